The summed E-state index contributed by atoms with van der Waals surface area (Å²) in [5.74, 6) is 0. The normalized spacial score (nSPS) is 18.8. The van der Waals surface area contributed by atoms with Crippen LogP contribution in [0.1, 0.15) is 202 Å². The van der Waals surface area contributed by atoms with Gasteiger partial charge in [-0.3, -0.25) is 0 Å². The second-order valence-electron chi connectivity index (χ2n) is 31.7. The van der Waals surface area contributed by atoms with Crippen LogP contribution in [0.15, 0.2) is 164 Å². The first kappa shape index (κ1) is 56.7. The third-order valence-electron chi connectivity index (χ3n) is 19.9. The number of anilines is 8. The highest BCUT2D eigenvalue weighted by atomic mass is 15.3. The van der Waals surface area contributed by atoms with Gasteiger partial charge in [0.15, 0.2) is 0 Å². The van der Waals surface area contributed by atoms with Crippen LogP contribution in [0.5, 0.6) is 0 Å². The van der Waals surface area contributed by atoms with Crippen LogP contribution in [-0.4, -0.2) is 12.3 Å². The zero-order valence-corrected chi connectivity index (χ0v) is 53.8. The number of fused-ring (bicyclic) bond motifs is 7. The van der Waals surface area contributed by atoms with E-state index in [4.69, 9.17) is 0 Å². The summed E-state index contributed by atoms with van der Waals surface area (Å²) in [6.07, 6.45) is 4.58. The Morgan fingerprint density at radius 2 is 0.807 bits per heavy atom. The molecular formula is C79H92BN3. The topological polar surface area (TPSA) is 9.72 Å². The fourth-order valence-electron chi connectivity index (χ4n) is 14.9. The van der Waals surface area contributed by atoms with Crippen LogP contribution in [0.3, 0.4) is 0 Å². The molecule has 1 saturated carbocycles. The molecule has 1 fully saturated rings. The Bertz CT molecular complexity index is 3820. The first-order valence-electron chi connectivity index (χ1n) is 31.2. The van der Waals surface area contributed by atoms with Gasteiger partial charge in [0.05, 0.1) is 11.2 Å². The molecule has 8 aromatic rings. The Balaban J connectivity index is 1.16. The Kier molecular flexibility index (Phi) is 13.1. The molecule has 4 heteroatoms. The van der Waals surface area contributed by atoms with Crippen molar-refractivity contribution in [1.29, 1.82) is 0 Å². The van der Waals surface area contributed by atoms with Gasteiger partial charge in [-0.2, -0.15) is 0 Å². The first-order valence-corrected chi connectivity index (χ1v) is 31.2. The number of benzene rings is 8. The van der Waals surface area contributed by atoms with Gasteiger partial charge in [0.2, 0.25) is 0 Å². The summed E-state index contributed by atoms with van der Waals surface area (Å²) in [5.41, 5.74) is 26.8. The number of nitrogens with zero attached hydrogens (tertiary/aromatic N) is 3. The summed E-state index contributed by atoms with van der Waals surface area (Å²) in [6, 6.07) is 65.8. The zero-order valence-electron chi connectivity index (χ0n) is 53.8. The SMILES string of the molecule is CC(C)(C)c1ccc(N2c3cc(N4c5ccc(C(C)(C)C)cc5C5(c6ccc(C(C)(C)C)cc6)CCCCC45C)ccc3B3c4ccc(C(C)(C)C)cc4N(c4ccc(C(C)(C)C)cc4-c4ccccc4)c4cc(C(C)(C)C)cc2c43)cc1. The maximum atomic E-state index is 2.83. The molecule has 0 saturated heterocycles. The highest BCUT2D eigenvalue weighted by Crippen LogP contribution is 2.64. The third-order valence-corrected chi connectivity index (χ3v) is 19.9. The molecule has 0 amide bonds. The van der Waals surface area contributed by atoms with Crippen molar-refractivity contribution >= 4 is 68.6 Å². The minimum Gasteiger partial charge on any atom is -0.334 e. The lowest BCUT2D eigenvalue weighted by atomic mass is 9.33. The van der Waals surface area contributed by atoms with Gasteiger partial charge in [-0.1, -0.05) is 241 Å². The molecule has 3 aliphatic heterocycles. The van der Waals surface area contributed by atoms with Gasteiger partial charge in [0.25, 0.3) is 6.71 Å². The molecule has 2 atom stereocenters. The van der Waals surface area contributed by atoms with E-state index in [0.717, 1.165) is 12.8 Å². The largest absolute Gasteiger partial charge is 0.334 e. The molecule has 83 heavy (non-hydrogen) atoms. The van der Waals surface area contributed by atoms with Crippen LogP contribution in [0, 0.1) is 0 Å². The maximum Gasteiger partial charge on any atom is 0.252 e. The molecule has 3 nitrogen and oxygen atoms in total. The van der Waals surface area contributed by atoms with E-state index < -0.39 is 0 Å². The summed E-state index contributed by atoms with van der Waals surface area (Å²) in [4.78, 5) is 8.18. The molecule has 2 unspecified atom stereocenters. The van der Waals surface area contributed by atoms with E-state index in [2.05, 4.69) is 310 Å². The lowest BCUT2D eigenvalue weighted by Gasteiger charge is -2.52. The zero-order chi connectivity index (χ0) is 59.4. The van der Waals surface area contributed by atoms with Crippen LogP contribution in [0.2, 0.25) is 0 Å². The highest BCUT2D eigenvalue weighted by molar-refractivity contribution is 7.00. The maximum absolute atomic E-state index is 2.83. The number of rotatable bonds is 5. The van der Waals surface area contributed by atoms with Gasteiger partial charge < -0.3 is 14.7 Å². The predicted octanol–water partition coefficient (Wildman–Crippen LogP) is 20.0. The van der Waals surface area contributed by atoms with E-state index in [1.54, 1.807) is 0 Å². The van der Waals surface area contributed by atoms with Crippen molar-refractivity contribution < 1.29 is 0 Å². The van der Waals surface area contributed by atoms with Gasteiger partial charge >= 0.3 is 0 Å². The quantitative estimate of drug-likeness (QED) is 0.159. The second-order valence-corrected chi connectivity index (χ2v) is 31.7. The van der Waals surface area contributed by atoms with Crippen molar-refractivity contribution in [2.75, 3.05) is 14.7 Å². The molecule has 3 heterocycles. The van der Waals surface area contributed by atoms with Crippen LogP contribution in [0.4, 0.5) is 45.5 Å². The summed E-state index contributed by atoms with van der Waals surface area (Å²) < 4.78 is 0. The van der Waals surface area contributed by atoms with E-state index in [0.29, 0.717) is 0 Å². The van der Waals surface area contributed by atoms with Crippen LogP contribution >= 0.6 is 0 Å². The molecule has 8 aromatic carbocycles. The van der Waals surface area contributed by atoms with Crippen molar-refractivity contribution in [2.24, 2.45) is 0 Å². The smallest absolute Gasteiger partial charge is 0.252 e. The Labute approximate surface area is 500 Å². The van der Waals surface area contributed by atoms with Gasteiger partial charge in [0.1, 0.15) is 0 Å². The second kappa shape index (κ2) is 19.1. The number of hydrogen-bond acceptors (Lipinski definition) is 3. The molecule has 0 spiro atoms. The van der Waals surface area contributed by atoms with E-state index in [9.17, 15) is 0 Å². The molecule has 12 rings (SSSR count). The van der Waals surface area contributed by atoms with Gasteiger partial charge in [-0.15, -0.1) is 0 Å². The van der Waals surface area contributed by atoms with Crippen LogP contribution < -0.4 is 31.1 Å². The average molecular weight is 1090 g/mol. The standard InChI is InChI=1S/C79H92BN3/c1-72(2,3)52-27-29-54(30-28-52)79-44-24-23-43-78(79,19)83(66-42-35-56(46-62(66)79)75(10,11)12)60-38-40-64-68(50-60)81(59-36-31-53(32-37-59)73(4,5)6)69-48-58(77(16,17)18)49-70-71(69)80(64)63-39-33-57(76(13,14)15)47-67(63)82(70)65-41-34-55(74(7,8)9)45-61(65)51-25-21-20-22-26-51/h20-22,25-42,45-50H,23-24,43-44H2,1-19H3. The van der Waals surface area contributed by atoms with E-state index in [-0.39, 0.29) is 50.2 Å². The Hall–Kier alpha value is -6.78. The van der Waals surface area contributed by atoms with Crippen molar-refractivity contribution in [3.05, 3.63) is 208 Å². The minimum atomic E-state index is -0.250. The van der Waals surface area contributed by atoms with Crippen molar-refractivity contribution in [3.8, 4) is 11.1 Å². The summed E-state index contributed by atoms with van der Waals surface area (Å²) >= 11 is 0. The lowest BCUT2D eigenvalue weighted by molar-refractivity contribution is 0.215. The average Bonchev–Trinajstić information content (AvgIpc) is 2.53. The summed E-state index contributed by atoms with van der Waals surface area (Å²) in [6.45, 7) is 45.0. The molecule has 426 valence electrons. The highest BCUT2D eigenvalue weighted by Gasteiger charge is 2.61. The Morgan fingerprint density at radius 1 is 0.361 bits per heavy atom. The van der Waals surface area contributed by atoms with Gasteiger partial charge in [0, 0.05) is 50.8 Å². The molecular weight excluding hydrogens is 1000 g/mol. The molecule has 1 aliphatic carbocycles. The fourth-order valence-corrected chi connectivity index (χ4v) is 14.9. The lowest BCUT2D eigenvalue weighted by Crippen LogP contribution is -2.61. The summed E-state index contributed by atoms with van der Waals surface area (Å²) in [7, 11) is 0. The van der Waals surface area contributed by atoms with Crippen molar-refractivity contribution in [1.82, 2.24) is 0 Å². The number of hydrogen-bond donors (Lipinski definition) is 0. The van der Waals surface area contributed by atoms with Crippen molar-refractivity contribution in [2.45, 2.75) is 201 Å². The minimum absolute atomic E-state index is 0.00202. The molecule has 0 aromatic heterocycles. The monoisotopic (exact) mass is 1090 g/mol. The van der Waals surface area contributed by atoms with Crippen LogP contribution in [0.25, 0.3) is 11.1 Å². The van der Waals surface area contributed by atoms with E-state index in [1.807, 2.05) is 0 Å². The van der Waals surface area contributed by atoms with Crippen molar-refractivity contribution in [3.63, 3.8) is 0 Å². The van der Waals surface area contributed by atoms with Gasteiger partial charge in [-0.05, 0) is 179 Å². The molecule has 0 N–H and O–H groups in total. The predicted molar refractivity (Wildman–Crippen MR) is 361 cm³/mol. The first-order chi connectivity index (χ1) is 38.8. The fraction of sp³-hybridized carbons (Fsp3) is 0.392. The van der Waals surface area contributed by atoms with E-state index >= 15 is 0 Å². The molecule has 0 bridgehead atoms. The molecule has 0 radical (unpaired) electrons. The van der Waals surface area contributed by atoms with Gasteiger partial charge in [-0.25, -0.2) is 0 Å². The van der Waals surface area contributed by atoms with E-state index in [1.165, 1.54) is 130 Å². The van der Waals surface area contributed by atoms with Crippen LogP contribution in [-0.2, 0) is 37.9 Å². The summed E-state index contributed by atoms with van der Waals surface area (Å²) in [5, 5.41) is 0. The molecule has 4 aliphatic rings. The third kappa shape index (κ3) is 9.21. The Morgan fingerprint density at radius 3 is 1.39 bits per heavy atom.